The zero-order chi connectivity index (χ0) is 26.9. The van der Waals surface area contributed by atoms with Crippen LogP contribution in [0.2, 0.25) is 10.0 Å². The van der Waals surface area contributed by atoms with E-state index in [1.54, 1.807) is 36.4 Å². The summed E-state index contributed by atoms with van der Waals surface area (Å²) in [5.41, 5.74) is 0.280. The van der Waals surface area contributed by atoms with Gasteiger partial charge in [-0.15, -0.1) is 0 Å². The Morgan fingerprint density at radius 2 is 1.81 bits per heavy atom. The molecule has 0 amide bonds. The second kappa shape index (κ2) is 10.6. The zero-order valence-corrected chi connectivity index (χ0v) is 23.1. The van der Waals surface area contributed by atoms with Crippen molar-refractivity contribution in [1.29, 1.82) is 0 Å². The maximum absolute atomic E-state index is 13.4. The Bertz CT molecular complexity index is 1600. The van der Waals surface area contributed by atoms with Gasteiger partial charge in [0.25, 0.3) is 5.56 Å². The number of hydrogen-bond acceptors (Lipinski definition) is 6. The minimum atomic E-state index is -0.581. The SMILES string of the molecule is CC(C)(C)c1nc2ccc(Br)cc2c(=O)n1N=Cc1cc(Cl)cc([N+](=O)[O-])c1OCc1ccc(Cl)cc1. The average Bonchev–Trinajstić information content (AvgIpc) is 2.83. The number of rotatable bonds is 6. The molecule has 4 rings (SSSR count). The van der Waals surface area contributed by atoms with Crippen LogP contribution in [-0.2, 0) is 12.0 Å². The maximum atomic E-state index is 13.4. The van der Waals surface area contributed by atoms with Crippen molar-refractivity contribution in [2.45, 2.75) is 32.8 Å². The summed E-state index contributed by atoms with van der Waals surface area (Å²) in [7, 11) is 0. The zero-order valence-electron chi connectivity index (χ0n) is 20.0. The topological polar surface area (TPSA) is 99.6 Å². The lowest BCUT2D eigenvalue weighted by Gasteiger charge is -2.21. The summed E-state index contributed by atoms with van der Waals surface area (Å²) in [4.78, 5) is 29.4. The van der Waals surface area contributed by atoms with Gasteiger partial charge in [0.1, 0.15) is 12.4 Å². The first kappa shape index (κ1) is 26.8. The highest BCUT2D eigenvalue weighted by Gasteiger charge is 2.24. The van der Waals surface area contributed by atoms with Crippen LogP contribution in [-0.4, -0.2) is 20.8 Å². The van der Waals surface area contributed by atoms with Gasteiger partial charge in [0.2, 0.25) is 5.75 Å². The van der Waals surface area contributed by atoms with Gasteiger partial charge in [0.15, 0.2) is 0 Å². The molecule has 3 aromatic carbocycles. The van der Waals surface area contributed by atoms with E-state index in [0.29, 0.717) is 21.7 Å². The van der Waals surface area contributed by atoms with E-state index in [2.05, 4.69) is 26.0 Å². The van der Waals surface area contributed by atoms with E-state index in [0.717, 1.165) is 10.0 Å². The van der Waals surface area contributed by atoms with Crippen molar-refractivity contribution in [2.75, 3.05) is 0 Å². The maximum Gasteiger partial charge on any atom is 0.313 e. The Morgan fingerprint density at radius 3 is 2.46 bits per heavy atom. The third-order valence-corrected chi connectivity index (χ3v) is 6.31. The molecule has 0 fully saturated rings. The first-order valence-electron chi connectivity index (χ1n) is 11.1. The van der Waals surface area contributed by atoms with Crippen molar-refractivity contribution in [2.24, 2.45) is 5.10 Å². The summed E-state index contributed by atoms with van der Waals surface area (Å²) in [6.45, 7) is 5.78. The molecule has 0 bridgehead atoms. The number of benzene rings is 3. The van der Waals surface area contributed by atoms with Crippen LogP contribution in [0.25, 0.3) is 10.9 Å². The molecular formula is C26H21BrCl2N4O4. The van der Waals surface area contributed by atoms with Crippen LogP contribution in [0.5, 0.6) is 5.75 Å². The Morgan fingerprint density at radius 1 is 1.11 bits per heavy atom. The van der Waals surface area contributed by atoms with Gasteiger partial charge in [-0.3, -0.25) is 14.9 Å². The molecule has 11 heteroatoms. The minimum absolute atomic E-state index is 0.0325. The largest absolute Gasteiger partial charge is 0.481 e. The predicted molar refractivity (Wildman–Crippen MR) is 149 cm³/mol. The van der Waals surface area contributed by atoms with Crippen molar-refractivity contribution in [3.63, 3.8) is 0 Å². The molecule has 190 valence electrons. The van der Waals surface area contributed by atoms with Crippen molar-refractivity contribution < 1.29 is 9.66 Å². The number of hydrogen-bond donors (Lipinski definition) is 0. The Balaban J connectivity index is 1.85. The molecule has 1 aromatic heterocycles. The number of halogens is 3. The molecule has 0 saturated heterocycles. The number of nitrogens with zero attached hydrogens (tertiary/aromatic N) is 4. The first-order valence-corrected chi connectivity index (χ1v) is 12.6. The van der Waals surface area contributed by atoms with Gasteiger partial charge in [0.05, 0.1) is 22.0 Å². The van der Waals surface area contributed by atoms with Crippen LogP contribution < -0.4 is 10.3 Å². The molecule has 0 aliphatic heterocycles. The smallest absolute Gasteiger partial charge is 0.313 e. The standard InChI is InChI=1S/C26H21BrCl2N4O4/c1-26(2,3)25-31-21-9-6-17(27)11-20(21)24(34)32(25)30-13-16-10-19(29)12-22(33(35)36)23(16)37-14-15-4-7-18(28)8-5-15/h4-13H,14H2,1-3H3. The van der Waals surface area contributed by atoms with Crippen molar-refractivity contribution in [3.8, 4) is 5.75 Å². The summed E-state index contributed by atoms with van der Waals surface area (Å²) < 4.78 is 7.79. The van der Waals surface area contributed by atoms with Gasteiger partial charge in [-0.05, 0) is 42.0 Å². The lowest BCUT2D eigenvalue weighted by atomic mass is 9.95. The van der Waals surface area contributed by atoms with Crippen LogP contribution in [0.4, 0.5) is 5.69 Å². The second-order valence-corrected chi connectivity index (χ2v) is 11.0. The quantitative estimate of drug-likeness (QED) is 0.133. The van der Waals surface area contributed by atoms with Crippen LogP contribution in [0.3, 0.4) is 0 Å². The third kappa shape index (κ3) is 6.01. The highest BCUT2D eigenvalue weighted by atomic mass is 79.9. The van der Waals surface area contributed by atoms with Crippen LogP contribution in [0.15, 0.2) is 69.0 Å². The Labute approximate surface area is 230 Å². The molecule has 37 heavy (non-hydrogen) atoms. The molecule has 1 heterocycles. The lowest BCUT2D eigenvalue weighted by Crippen LogP contribution is -2.29. The molecule has 0 atom stereocenters. The number of fused-ring (bicyclic) bond motifs is 1. The summed E-state index contributed by atoms with van der Waals surface area (Å²) in [5.74, 6) is 0.388. The summed E-state index contributed by atoms with van der Waals surface area (Å²) in [6, 6.07) is 14.8. The van der Waals surface area contributed by atoms with Crippen molar-refractivity contribution >= 4 is 61.9 Å². The molecule has 0 spiro atoms. The number of nitro benzene ring substituents is 1. The molecule has 0 unspecified atom stereocenters. The van der Waals surface area contributed by atoms with Crippen LogP contribution in [0, 0.1) is 10.1 Å². The molecule has 0 saturated carbocycles. The summed E-state index contributed by atoms with van der Waals surface area (Å²) in [6.07, 6.45) is 1.32. The summed E-state index contributed by atoms with van der Waals surface area (Å²) >= 11 is 15.5. The third-order valence-electron chi connectivity index (χ3n) is 5.35. The van der Waals surface area contributed by atoms with E-state index in [4.69, 9.17) is 27.9 Å². The molecule has 0 N–H and O–H groups in total. The monoisotopic (exact) mass is 602 g/mol. The highest BCUT2D eigenvalue weighted by molar-refractivity contribution is 9.10. The van der Waals surface area contributed by atoms with E-state index in [9.17, 15) is 14.9 Å². The first-order chi connectivity index (χ1) is 17.4. The Hall–Kier alpha value is -3.27. The van der Waals surface area contributed by atoms with Crippen LogP contribution in [0.1, 0.15) is 37.7 Å². The highest BCUT2D eigenvalue weighted by Crippen LogP contribution is 2.34. The fourth-order valence-electron chi connectivity index (χ4n) is 3.59. The summed E-state index contributed by atoms with van der Waals surface area (Å²) in [5, 5.41) is 17.3. The minimum Gasteiger partial charge on any atom is -0.481 e. The van der Waals surface area contributed by atoms with Crippen molar-refractivity contribution in [1.82, 2.24) is 9.66 Å². The predicted octanol–water partition coefficient (Wildman–Crippen LogP) is 7.13. The van der Waals surface area contributed by atoms with Crippen molar-refractivity contribution in [3.05, 3.63) is 107 Å². The average molecular weight is 604 g/mol. The molecular weight excluding hydrogens is 583 g/mol. The van der Waals surface area contributed by atoms with E-state index in [1.165, 1.54) is 23.0 Å². The van der Waals surface area contributed by atoms with Gasteiger partial charge in [-0.2, -0.15) is 9.78 Å². The van der Waals surface area contributed by atoms with E-state index in [1.807, 2.05) is 26.8 Å². The molecule has 0 aliphatic carbocycles. The fourth-order valence-corrected chi connectivity index (χ4v) is 4.29. The second-order valence-electron chi connectivity index (χ2n) is 9.22. The molecule has 4 aromatic rings. The molecule has 0 aliphatic rings. The molecule has 8 nitrogen and oxygen atoms in total. The lowest BCUT2D eigenvalue weighted by molar-refractivity contribution is -0.385. The fraction of sp³-hybridized carbons (Fsp3) is 0.192. The van der Waals surface area contributed by atoms with Gasteiger partial charge in [0, 0.05) is 31.6 Å². The van der Waals surface area contributed by atoms with Crippen LogP contribution >= 0.6 is 39.1 Å². The number of ether oxygens (including phenoxy) is 1. The number of nitro groups is 1. The normalized spacial score (nSPS) is 11.8. The van der Waals surface area contributed by atoms with E-state index < -0.39 is 10.3 Å². The number of aromatic nitrogens is 2. The van der Waals surface area contributed by atoms with Gasteiger partial charge >= 0.3 is 5.69 Å². The van der Waals surface area contributed by atoms with Gasteiger partial charge in [-0.25, -0.2) is 4.98 Å². The van der Waals surface area contributed by atoms with Gasteiger partial charge < -0.3 is 4.74 Å². The Kier molecular flexibility index (Phi) is 7.68. The van der Waals surface area contributed by atoms with Gasteiger partial charge in [-0.1, -0.05) is 72.0 Å². The molecule has 0 radical (unpaired) electrons. The van der Waals surface area contributed by atoms with E-state index in [-0.39, 0.29) is 34.2 Å². The van der Waals surface area contributed by atoms with E-state index >= 15 is 0 Å².